The monoisotopic (exact) mass is 370 g/mol. The molecule has 144 valence electrons. The summed E-state index contributed by atoms with van der Waals surface area (Å²) in [7, 11) is 1.70. The molecule has 1 aromatic carbocycles. The Hall–Kier alpha value is -2.44. The zero-order valence-electron chi connectivity index (χ0n) is 16.0. The van der Waals surface area contributed by atoms with E-state index in [1.54, 1.807) is 26.4 Å². The highest BCUT2D eigenvalue weighted by Gasteiger charge is 2.29. The van der Waals surface area contributed by atoms with E-state index in [2.05, 4.69) is 16.0 Å². The fraction of sp³-hybridized carbons (Fsp3) is 0.429. The third-order valence-corrected chi connectivity index (χ3v) is 5.29. The predicted octanol–water partition coefficient (Wildman–Crippen LogP) is 1.44. The van der Waals surface area contributed by atoms with Gasteiger partial charge in [0, 0.05) is 36.4 Å². The molecule has 1 aliphatic rings. The normalized spacial score (nSPS) is 16.1. The number of methoxy groups -OCH3 is 1. The first-order valence-electron chi connectivity index (χ1n) is 9.41. The van der Waals surface area contributed by atoms with Crippen LogP contribution in [0.2, 0.25) is 0 Å². The summed E-state index contributed by atoms with van der Waals surface area (Å²) < 4.78 is 5.58. The molecule has 0 aliphatic carbocycles. The van der Waals surface area contributed by atoms with Gasteiger partial charge in [0.25, 0.3) is 0 Å². The van der Waals surface area contributed by atoms with Gasteiger partial charge >= 0.3 is 0 Å². The highest BCUT2D eigenvalue weighted by atomic mass is 16.5. The number of quaternary nitrogens is 1. The van der Waals surface area contributed by atoms with Gasteiger partial charge in [0.15, 0.2) is 0 Å². The number of aromatic nitrogens is 1. The average Bonchev–Trinajstić information content (AvgIpc) is 3.23. The van der Waals surface area contributed by atoms with Gasteiger partial charge in [0.05, 0.1) is 44.6 Å². The van der Waals surface area contributed by atoms with Crippen molar-refractivity contribution in [3.63, 3.8) is 0 Å². The van der Waals surface area contributed by atoms with E-state index in [1.807, 2.05) is 18.2 Å². The molecule has 0 saturated carbocycles. The van der Waals surface area contributed by atoms with Gasteiger partial charge in [-0.1, -0.05) is 12.1 Å². The van der Waals surface area contributed by atoms with Crippen molar-refractivity contribution in [3.05, 3.63) is 52.8 Å². The molecule has 3 rings (SSSR count). The number of benzene rings is 1. The minimum atomic E-state index is -0.185. The second-order valence-electron chi connectivity index (χ2n) is 6.94. The van der Waals surface area contributed by atoms with Crippen LogP contribution in [-0.2, 0) is 6.61 Å². The van der Waals surface area contributed by atoms with Crippen molar-refractivity contribution in [2.24, 2.45) is 4.99 Å². The summed E-state index contributed by atoms with van der Waals surface area (Å²) in [6.45, 7) is 4.39. The summed E-state index contributed by atoms with van der Waals surface area (Å²) >= 11 is 0. The third-order valence-electron chi connectivity index (χ3n) is 5.29. The summed E-state index contributed by atoms with van der Waals surface area (Å²) in [5, 5.41) is 19.8. The van der Waals surface area contributed by atoms with Gasteiger partial charge in [0.1, 0.15) is 17.5 Å². The van der Waals surface area contributed by atoms with Crippen molar-refractivity contribution in [3.8, 4) is 11.5 Å². The minimum absolute atomic E-state index is 0.0765. The van der Waals surface area contributed by atoms with Gasteiger partial charge in [-0.25, -0.2) is 0 Å². The number of nitrogens with zero attached hydrogens (tertiary/aromatic N) is 2. The van der Waals surface area contributed by atoms with Gasteiger partial charge < -0.3 is 19.8 Å². The highest BCUT2D eigenvalue weighted by molar-refractivity contribution is 5.85. The molecule has 6 heteroatoms. The van der Waals surface area contributed by atoms with Crippen LogP contribution in [0.5, 0.6) is 11.5 Å². The Morgan fingerprint density at radius 1 is 1.30 bits per heavy atom. The fourth-order valence-corrected chi connectivity index (χ4v) is 3.75. The molecule has 3 N–H and O–H groups in total. The highest BCUT2D eigenvalue weighted by Crippen LogP contribution is 2.25. The van der Waals surface area contributed by atoms with Gasteiger partial charge in [-0.3, -0.25) is 9.98 Å². The lowest BCUT2D eigenvalue weighted by Gasteiger charge is -2.25. The van der Waals surface area contributed by atoms with Crippen LogP contribution < -0.4 is 9.64 Å². The summed E-state index contributed by atoms with van der Waals surface area (Å²) in [6, 6.07) is 8.31. The molecule has 1 atom stereocenters. The van der Waals surface area contributed by atoms with Crippen molar-refractivity contribution in [2.75, 3.05) is 26.7 Å². The number of rotatable bonds is 7. The van der Waals surface area contributed by atoms with E-state index in [0.717, 1.165) is 24.4 Å². The molecule has 0 unspecified atom stereocenters. The molecule has 0 bridgehead atoms. The zero-order valence-corrected chi connectivity index (χ0v) is 16.0. The number of nitrogens with one attached hydrogen (secondary N) is 1. The number of likely N-dealkylation sites (tertiary alicyclic amines) is 1. The summed E-state index contributed by atoms with van der Waals surface area (Å²) in [6.07, 6.45) is 5.70. The maximum atomic E-state index is 10.3. The van der Waals surface area contributed by atoms with Gasteiger partial charge in [-0.2, -0.15) is 0 Å². The van der Waals surface area contributed by atoms with E-state index >= 15 is 0 Å². The summed E-state index contributed by atoms with van der Waals surface area (Å²) in [5.74, 6) is 0.961. The molecule has 0 amide bonds. The quantitative estimate of drug-likeness (QED) is 0.645. The molecule has 6 nitrogen and oxygen atoms in total. The van der Waals surface area contributed by atoms with Gasteiger partial charge in [-0.05, 0) is 19.1 Å². The van der Waals surface area contributed by atoms with Crippen LogP contribution in [0, 0.1) is 6.92 Å². The van der Waals surface area contributed by atoms with E-state index in [4.69, 9.17) is 4.74 Å². The fourth-order valence-electron chi connectivity index (χ4n) is 3.75. The average molecular weight is 370 g/mol. The maximum absolute atomic E-state index is 10.3. The van der Waals surface area contributed by atoms with Crippen LogP contribution in [0.3, 0.4) is 0 Å². The number of ether oxygens (including phenoxy) is 1. The SMILES string of the molecule is COc1ccccc1[C@H](CN=Cc1c(CO)cnc(C)c1O)[NH+]1CCCC1. The van der Waals surface area contributed by atoms with Crippen molar-refractivity contribution in [2.45, 2.75) is 32.4 Å². The lowest BCUT2D eigenvalue weighted by atomic mass is 10.0. The number of aliphatic imine (C=N–C) groups is 1. The molecule has 1 saturated heterocycles. The van der Waals surface area contributed by atoms with Crippen LogP contribution >= 0.6 is 0 Å². The molecule has 27 heavy (non-hydrogen) atoms. The number of aliphatic hydroxyl groups is 1. The van der Waals surface area contributed by atoms with Crippen LogP contribution in [0.1, 0.15) is 41.3 Å². The minimum Gasteiger partial charge on any atom is -0.505 e. The number of hydrogen-bond donors (Lipinski definition) is 3. The number of aliphatic hydroxyl groups excluding tert-OH is 1. The lowest BCUT2D eigenvalue weighted by molar-refractivity contribution is -0.918. The standard InChI is InChI=1S/C21H27N3O3/c1-15-21(26)18(16(14-25)11-23-15)12-22-13-19(24-9-5-6-10-24)17-7-3-4-8-20(17)27-2/h3-4,7-8,11-12,19,25-26H,5-6,9-10,13-14H2,1-2H3/p+1/t19-/m0/s1. The smallest absolute Gasteiger partial charge is 0.145 e. The largest absolute Gasteiger partial charge is 0.505 e. The number of aryl methyl sites for hydroxylation is 1. The van der Waals surface area contributed by atoms with E-state index in [9.17, 15) is 10.2 Å². The summed E-state index contributed by atoms with van der Waals surface area (Å²) in [4.78, 5) is 10.3. The molecular formula is C21H28N3O3+. The Balaban J connectivity index is 1.88. The van der Waals surface area contributed by atoms with E-state index in [1.165, 1.54) is 17.7 Å². The van der Waals surface area contributed by atoms with Crippen molar-refractivity contribution < 1.29 is 19.8 Å². The van der Waals surface area contributed by atoms with Crippen molar-refractivity contribution in [1.82, 2.24) is 4.98 Å². The number of hydrogen-bond acceptors (Lipinski definition) is 5. The van der Waals surface area contributed by atoms with Gasteiger partial charge in [-0.15, -0.1) is 0 Å². The van der Waals surface area contributed by atoms with E-state index in [0.29, 0.717) is 23.4 Å². The number of pyridine rings is 1. The Labute approximate surface area is 160 Å². The molecule has 2 heterocycles. The Bertz CT molecular complexity index is 801. The van der Waals surface area contributed by atoms with Crippen LogP contribution in [0.4, 0.5) is 0 Å². The number of para-hydroxylation sites is 1. The van der Waals surface area contributed by atoms with Gasteiger partial charge in [0.2, 0.25) is 0 Å². The molecule has 0 spiro atoms. The summed E-state index contributed by atoms with van der Waals surface area (Å²) in [5.41, 5.74) is 2.80. The molecule has 2 aromatic rings. The van der Waals surface area contributed by atoms with Crippen LogP contribution in [-0.4, -0.2) is 48.2 Å². The lowest BCUT2D eigenvalue weighted by Crippen LogP contribution is -3.10. The first-order chi connectivity index (χ1) is 13.2. The molecule has 1 aliphatic heterocycles. The van der Waals surface area contributed by atoms with Crippen LogP contribution in [0.25, 0.3) is 0 Å². The van der Waals surface area contributed by atoms with Crippen LogP contribution in [0.15, 0.2) is 35.5 Å². The molecule has 1 fully saturated rings. The maximum Gasteiger partial charge on any atom is 0.145 e. The zero-order chi connectivity index (χ0) is 19.2. The molecule has 0 radical (unpaired) electrons. The first kappa shape index (κ1) is 19.3. The Morgan fingerprint density at radius 3 is 2.74 bits per heavy atom. The topological polar surface area (TPSA) is 79.4 Å². The predicted molar refractivity (Wildman–Crippen MR) is 105 cm³/mol. The third kappa shape index (κ3) is 4.28. The van der Waals surface area contributed by atoms with Crippen molar-refractivity contribution in [1.29, 1.82) is 0 Å². The second kappa shape index (κ2) is 8.97. The number of aromatic hydroxyl groups is 1. The first-order valence-corrected chi connectivity index (χ1v) is 9.41. The molecule has 1 aromatic heterocycles. The van der Waals surface area contributed by atoms with Crippen molar-refractivity contribution >= 4 is 6.21 Å². The van der Waals surface area contributed by atoms with E-state index < -0.39 is 0 Å². The van der Waals surface area contributed by atoms with E-state index in [-0.39, 0.29) is 18.4 Å². The second-order valence-corrected chi connectivity index (χ2v) is 6.94. The molecular weight excluding hydrogens is 342 g/mol. The Morgan fingerprint density at radius 2 is 2.04 bits per heavy atom. The Kier molecular flexibility index (Phi) is 6.42.